The number of unbranched alkanes of at least 4 members (excludes halogenated alkanes) is 1. The molecule has 0 aliphatic heterocycles. The molecule has 5 nitrogen and oxygen atoms in total. The molecular weight excluding hydrogens is 446 g/mol. The summed E-state index contributed by atoms with van der Waals surface area (Å²) >= 11 is 3.50. The lowest BCUT2D eigenvalue weighted by atomic mass is 9.86. The number of hydrogen-bond acceptors (Lipinski definition) is 4. The van der Waals surface area contributed by atoms with E-state index in [1.165, 1.54) is 0 Å². The molecule has 0 radical (unpaired) electrons. The van der Waals surface area contributed by atoms with Crippen molar-refractivity contribution in [2.24, 2.45) is 0 Å². The van der Waals surface area contributed by atoms with Gasteiger partial charge in [0, 0.05) is 16.6 Å². The summed E-state index contributed by atoms with van der Waals surface area (Å²) in [4.78, 5) is 12.3. The number of hydrogen-bond donors (Lipinski definition) is 1. The van der Waals surface area contributed by atoms with Crippen molar-refractivity contribution in [3.63, 3.8) is 0 Å². The van der Waals surface area contributed by atoms with Crippen molar-refractivity contribution in [3.05, 3.63) is 52.0 Å². The molecule has 0 atom stereocenters. The Labute approximate surface area is 188 Å². The van der Waals surface area contributed by atoms with E-state index in [1.54, 1.807) is 7.11 Å². The summed E-state index contributed by atoms with van der Waals surface area (Å²) in [7, 11) is 1.61. The zero-order valence-electron chi connectivity index (χ0n) is 18.5. The van der Waals surface area contributed by atoms with Gasteiger partial charge in [0.1, 0.15) is 5.75 Å². The second kappa shape index (κ2) is 11.3. The lowest BCUT2D eigenvalue weighted by Crippen LogP contribution is -2.29. The number of ether oxygens (including phenoxy) is 3. The van der Waals surface area contributed by atoms with Crippen molar-refractivity contribution in [2.75, 3.05) is 20.3 Å². The van der Waals surface area contributed by atoms with Crippen molar-refractivity contribution in [1.29, 1.82) is 0 Å². The van der Waals surface area contributed by atoms with Crippen LogP contribution in [0.1, 0.15) is 51.7 Å². The van der Waals surface area contributed by atoms with Gasteiger partial charge in [0.25, 0.3) is 5.91 Å². The fourth-order valence-electron chi connectivity index (χ4n) is 2.88. The third-order valence-corrected chi connectivity index (χ3v) is 5.07. The summed E-state index contributed by atoms with van der Waals surface area (Å²) in [6.45, 7) is 9.48. The predicted octanol–water partition coefficient (Wildman–Crippen LogP) is 5.63. The van der Waals surface area contributed by atoms with Crippen LogP contribution >= 0.6 is 15.9 Å². The number of nitrogens with one attached hydrogen (secondary N) is 1. The molecule has 0 unspecified atom stereocenters. The van der Waals surface area contributed by atoms with E-state index >= 15 is 0 Å². The summed E-state index contributed by atoms with van der Waals surface area (Å²) in [5.41, 5.74) is 1.89. The van der Waals surface area contributed by atoms with Gasteiger partial charge >= 0.3 is 0 Å². The Morgan fingerprint density at radius 3 is 2.43 bits per heavy atom. The van der Waals surface area contributed by atoms with Gasteiger partial charge in [-0.15, -0.1) is 0 Å². The third-order valence-electron chi connectivity index (χ3n) is 4.58. The van der Waals surface area contributed by atoms with E-state index in [0.717, 1.165) is 34.2 Å². The molecule has 0 spiro atoms. The first kappa shape index (κ1) is 24.1. The largest absolute Gasteiger partial charge is 0.493 e. The minimum Gasteiger partial charge on any atom is -0.493 e. The highest BCUT2D eigenvalue weighted by molar-refractivity contribution is 9.10. The fraction of sp³-hybridized carbons (Fsp3) is 0.458. The SMILES string of the molecule is CCCCOc1ccc(CNC(=O)COc2ccc(Br)cc2C(C)(C)C)cc1OC. The summed E-state index contributed by atoms with van der Waals surface area (Å²) < 4.78 is 18.0. The normalized spacial score (nSPS) is 11.1. The molecule has 0 aliphatic rings. The van der Waals surface area contributed by atoms with E-state index in [0.29, 0.717) is 24.7 Å². The van der Waals surface area contributed by atoms with E-state index in [4.69, 9.17) is 14.2 Å². The van der Waals surface area contributed by atoms with Gasteiger partial charge in [-0.3, -0.25) is 4.79 Å². The fourth-order valence-corrected chi connectivity index (χ4v) is 3.24. The van der Waals surface area contributed by atoms with E-state index in [1.807, 2.05) is 36.4 Å². The molecule has 6 heteroatoms. The molecule has 0 bridgehead atoms. The number of rotatable bonds is 10. The maximum atomic E-state index is 12.3. The lowest BCUT2D eigenvalue weighted by Gasteiger charge is -2.23. The highest BCUT2D eigenvalue weighted by Crippen LogP contribution is 2.33. The minimum atomic E-state index is -0.181. The molecule has 0 saturated carbocycles. The van der Waals surface area contributed by atoms with Gasteiger partial charge in [-0.2, -0.15) is 0 Å². The summed E-state index contributed by atoms with van der Waals surface area (Å²) in [5, 5.41) is 2.89. The van der Waals surface area contributed by atoms with Gasteiger partial charge in [-0.1, -0.05) is 56.1 Å². The number of amides is 1. The van der Waals surface area contributed by atoms with Gasteiger partial charge < -0.3 is 19.5 Å². The number of carbonyl (C=O) groups is 1. The van der Waals surface area contributed by atoms with Crippen LogP contribution < -0.4 is 19.5 Å². The second-order valence-electron chi connectivity index (χ2n) is 8.14. The van der Waals surface area contributed by atoms with Gasteiger partial charge in [0.05, 0.1) is 13.7 Å². The molecule has 0 aliphatic carbocycles. The lowest BCUT2D eigenvalue weighted by molar-refractivity contribution is -0.123. The van der Waals surface area contributed by atoms with Crippen LogP contribution in [0, 0.1) is 0 Å². The van der Waals surface area contributed by atoms with E-state index in [-0.39, 0.29) is 17.9 Å². The third kappa shape index (κ3) is 7.24. The second-order valence-corrected chi connectivity index (χ2v) is 9.06. The van der Waals surface area contributed by atoms with Gasteiger partial charge in [-0.05, 0) is 47.7 Å². The average Bonchev–Trinajstić information content (AvgIpc) is 2.71. The Hall–Kier alpha value is -2.21. The highest BCUT2D eigenvalue weighted by Gasteiger charge is 2.20. The molecule has 0 saturated heterocycles. The zero-order chi connectivity index (χ0) is 22.1. The van der Waals surface area contributed by atoms with Crippen molar-refractivity contribution in [3.8, 4) is 17.2 Å². The minimum absolute atomic E-state index is 0.0416. The molecule has 0 heterocycles. The molecule has 2 rings (SSSR count). The molecule has 1 N–H and O–H groups in total. The van der Waals surface area contributed by atoms with Crippen molar-refractivity contribution >= 4 is 21.8 Å². The Bertz CT molecular complexity index is 846. The predicted molar refractivity (Wildman–Crippen MR) is 124 cm³/mol. The average molecular weight is 478 g/mol. The number of carbonyl (C=O) groups excluding carboxylic acids is 1. The number of benzene rings is 2. The van der Waals surface area contributed by atoms with Crippen LogP contribution in [-0.4, -0.2) is 26.2 Å². The number of methoxy groups -OCH3 is 1. The first-order valence-electron chi connectivity index (χ1n) is 10.2. The smallest absolute Gasteiger partial charge is 0.258 e. The molecule has 164 valence electrons. The van der Waals surface area contributed by atoms with E-state index < -0.39 is 0 Å². The van der Waals surface area contributed by atoms with E-state index in [9.17, 15) is 4.79 Å². The molecule has 1 amide bonds. The molecule has 0 aromatic heterocycles. The van der Waals surface area contributed by atoms with Crippen molar-refractivity contribution in [2.45, 2.75) is 52.5 Å². The van der Waals surface area contributed by atoms with Crippen LogP contribution in [0.5, 0.6) is 17.2 Å². The van der Waals surface area contributed by atoms with Gasteiger partial charge in [0.2, 0.25) is 0 Å². The van der Waals surface area contributed by atoms with Crippen LogP contribution in [0.25, 0.3) is 0 Å². The molecule has 2 aromatic rings. The Kier molecular flexibility index (Phi) is 9.03. The Balaban J connectivity index is 1.92. The summed E-state index contributed by atoms with van der Waals surface area (Å²) in [5.74, 6) is 1.92. The van der Waals surface area contributed by atoms with E-state index in [2.05, 4.69) is 48.9 Å². The maximum Gasteiger partial charge on any atom is 0.258 e. The zero-order valence-corrected chi connectivity index (χ0v) is 20.1. The van der Waals surface area contributed by atoms with Crippen LogP contribution in [-0.2, 0) is 16.8 Å². The summed E-state index contributed by atoms with van der Waals surface area (Å²) in [6.07, 6.45) is 2.07. The van der Waals surface area contributed by atoms with Crippen molar-refractivity contribution in [1.82, 2.24) is 5.32 Å². The molecule has 0 fully saturated rings. The quantitative estimate of drug-likeness (QED) is 0.450. The Morgan fingerprint density at radius 1 is 1.03 bits per heavy atom. The van der Waals surface area contributed by atoms with Crippen LogP contribution in [0.2, 0.25) is 0 Å². The maximum absolute atomic E-state index is 12.3. The van der Waals surface area contributed by atoms with Gasteiger partial charge in [0.15, 0.2) is 18.1 Å². The standard InChI is InChI=1S/C24H32BrNO4/c1-6-7-12-29-21-10-8-17(13-22(21)28-5)15-26-23(27)16-30-20-11-9-18(25)14-19(20)24(2,3)4/h8-11,13-14H,6-7,12,15-16H2,1-5H3,(H,26,27). The van der Waals surface area contributed by atoms with Crippen LogP contribution in [0.3, 0.4) is 0 Å². The number of halogens is 1. The summed E-state index contributed by atoms with van der Waals surface area (Å²) in [6, 6.07) is 11.5. The molecule has 2 aromatic carbocycles. The molecule has 30 heavy (non-hydrogen) atoms. The Morgan fingerprint density at radius 2 is 1.77 bits per heavy atom. The van der Waals surface area contributed by atoms with Crippen LogP contribution in [0.4, 0.5) is 0 Å². The van der Waals surface area contributed by atoms with Gasteiger partial charge in [-0.25, -0.2) is 0 Å². The first-order valence-corrected chi connectivity index (χ1v) is 11.0. The first-order chi connectivity index (χ1) is 14.2. The van der Waals surface area contributed by atoms with Crippen LogP contribution in [0.15, 0.2) is 40.9 Å². The topological polar surface area (TPSA) is 56.8 Å². The molecular formula is C24H32BrNO4. The highest BCUT2D eigenvalue weighted by atomic mass is 79.9. The van der Waals surface area contributed by atoms with Crippen molar-refractivity contribution < 1.29 is 19.0 Å². The monoisotopic (exact) mass is 477 g/mol.